The Bertz CT molecular complexity index is 488. The molecule has 3 unspecified atom stereocenters. The minimum atomic E-state index is 0.237. The minimum Gasteiger partial charge on any atom is -0.367 e. The van der Waals surface area contributed by atoms with Crippen LogP contribution in [0.5, 0.6) is 0 Å². The van der Waals surface area contributed by atoms with Gasteiger partial charge in [-0.2, -0.15) is 0 Å². The number of benzene rings is 1. The molecule has 2 fully saturated rings. The van der Waals surface area contributed by atoms with Crippen LogP contribution in [0.3, 0.4) is 0 Å². The molecule has 3 heteroatoms. The summed E-state index contributed by atoms with van der Waals surface area (Å²) < 4.78 is 0. The molecule has 1 heterocycles. The zero-order valence-corrected chi connectivity index (χ0v) is 13.8. The van der Waals surface area contributed by atoms with Gasteiger partial charge in [0.25, 0.3) is 0 Å². The van der Waals surface area contributed by atoms with E-state index in [1.54, 1.807) is 0 Å². The standard InChI is InChI=1S/C18H27ClN2/c1-2-15(20)11-13-7-8-18(16(19)12-13)21-10-9-14-5-3-4-6-17(14)21/h7-8,12,14-15,17H,2-6,9-11,20H2,1H3. The minimum absolute atomic E-state index is 0.237. The third kappa shape index (κ3) is 3.22. The number of rotatable bonds is 4. The van der Waals surface area contributed by atoms with Gasteiger partial charge in [-0.1, -0.05) is 37.4 Å². The van der Waals surface area contributed by atoms with Gasteiger partial charge in [-0.15, -0.1) is 0 Å². The third-order valence-electron chi connectivity index (χ3n) is 5.35. The number of hydrogen-bond acceptors (Lipinski definition) is 2. The molecule has 2 nitrogen and oxygen atoms in total. The second kappa shape index (κ2) is 6.58. The van der Waals surface area contributed by atoms with E-state index >= 15 is 0 Å². The highest BCUT2D eigenvalue weighted by Crippen LogP contribution is 2.41. The lowest BCUT2D eigenvalue weighted by molar-refractivity contribution is 0.342. The Morgan fingerprint density at radius 2 is 2.10 bits per heavy atom. The van der Waals surface area contributed by atoms with Crippen LogP contribution in [-0.2, 0) is 6.42 Å². The van der Waals surface area contributed by atoms with Crippen molar-refractivity contribution in [2.24, 2.45) is 11.7 Å². The molecule has 1 aliphatic heterocycles. The average Bonchev–Trinajstić information content (AvgIpc) is 2.91. The van der Waals surface area contributed by atoms with Gasteiger partial charge >= 0.3 is 0 Å². The predicted molar refractivity (Wildman–Crippen MR) is 91.1 cm³/mol. The first-order valence-corrected chi connectivity index (χ1v) is 8.87. The largest absolute Gasteiger partial charge is 0.367 e. The summed E-state index contributed by atoms with van der Waals surface area (Å²) in [7, 11) is 0. The highest BCUT2D eigenvalue weighted by atomic mass is 35.5. The van der Waals surface area contributed by atoms with E-state index in [1.807, 2.05) is 0 Å². The summed E-state index contributed by atoms with van der Waals surface area (Å²) in [6, 6.07) is 7.52. The molecule has 116 valence electrons. The Kier molecular flexibility index (Phi) is 4.75. The first-order chi connectivity index (χ1) is 10.2. The third-order valence-corrected chi connectivity index (χ3v) is 5.66. The smallest absolute Gasteiger partial charge is 0.0642 e. The van der Waals surface area contributed by atoms with Gasteiger partial charge in [0.05, 0.1) is 10.7 Å². The average molecular weight is 307 g/mol. The van der Waals surface area contributed by atoms with E-state index in [0.717, 1.165) is 29.8 Å². The molecule has 1 saturated carbocycles. The van der Waals surface area contributed by atoms with E-state index < -0.39 is 0 Å². The van der Waals surface area contributed by atoms with E-state index in [4.69, 9.17) is 17.3 Å². The summed E-state index contributed by atoms with van der Waals surface area (Å²) >= 11 is 6.58. The summed E-state index contributed by atoms with van der Waals surface area (Å²) in [6.45, 7) is 3.30. The summed E-state index contributed by atoms with van der Waals surface area (Å²) in [6.07, 6.45) is 8.79. The van der Waals surface area contributed by atoms with Gasteiger partial charge in [-0.05, 0) is 55.7 Å². The molecule has 1 saturated heterocycles. The molecule has 0 spiro atoms. The van der Waals surface area contributed by atoms with Crippen molar-refractivity contribution in [3.05, 3.63) is 28.8 Å². The summed E-state index contributed by atoms with van der Waals surface area (Å²) in [5, 5.41) is 0.905. The van der Waals surface area contributed by atoms with Gasteiger partial charge in [0.1, 0.15) is 0 Å². The van der Waals surface area contributed by atoms with Gasteiger partial charge in [0.2, 0.25) is 0 Å². The molecule has 1 aliphatic carbocycles. The Morgan fingerprint density at radius 1 is 1.29 bits per heavy atom. The first kappa shape index (κ1) is 15.2. The van der Waals surface area contributed by atoms with Crippen molar-refractivity contribution in [1.82, 2.24) is 0 Å². The monoisotopic (exact) mass is 306 g/mol. The van der Waals surface area contributed by atoms with Gasteiger partial charge in [-0.3, -0.25) is 0 Å². The number of anilines is 1. The molecule has 1 aromatic carbocycles. The number of nitrogens with two attached hydrogens (primary N) is 1. The second-order valence-corrected chi connectivity index (χ2v) is 7.16. The molecular weight excluding hydrogens is 280 g/mol. The topological polar surface area (TPSA) is 29.3 Å². The van der Waals surface area contributed by atoms with Crippen LogP contribution < -0.4 is 10.6 Å². The van der Waals surface area contributed by atoms with Crippen LogP contribution in [0.1, 0.15) is 51.0 Å². The van der Waals surface area contributed by atoms with Gasteiger partial charge < -0.3 is 10.6 Å². The maximum Gasteiger partial charge on any atom is 0.0642 e. The second-order valence-electron chi connectivity index (χ2n) is 6.75. The lowest BCUT2D eigenvalue weighted by Crippen LogP contribution is -2.34. The fourth-order valence-electron chi connectivity index (χ4n) is 4.06. The van der Waals surface area contributed by atoms with E-state index in [1.165, 1.54) is 49.9 Å². The number of hydrogen-bond donors (Lipinski definition) is 1. The Hall–Kier alpha value is -0.730. The molecule has 3 atom stereocenters. The fraction of sp³-hybridized carbons (Fsp3) is 0.667. The van der Waals surface area contributed by atoms with Crippen LogP contribution in [0.4, 0.5) is 5.69 Å². The van der Waals surface area contributed by atoms with Crippen LogP contribution in [0.15, 0.2) is 18.2 Å². The van der Waals surface area contributed by atoms with Crippen LogP contribution in [-0.4, -0.2) is 18.6 Å². The highest BCUT2D eigenvalue weighted by molar-refractivity contribution is 6.33. The normalized spacial score (nSPS) is 26.7. The lowest BCUT2D eigenvalue weighted by Gasteiger charge is -2.33. The van der Waals surface area contributed by atoms with E-state index in [0.29, 0.717) is 0 Å². The molecular formula is C18H27ClN2. The van der Waals surface area contributed by atoms with E-state index in [-0.39, 0.29) is 6.04 Å². The van der Waals surface area contributed by atoms with Crippen molar-refractivity contribution < 1.29 is 0 Å². The molecule has 0 radical (unpaired) electrons. The molecule has 21 heavy (non-hydrogen) atoms. The molecule has 0 aromatic heterocycles. The summed E-state index contributed by atoms with van der Waals surface area (Å²) in [5.74, 6) is 0.892. The summed E-state index contributed by atoms with van der Waals surface area (Å²) in [5.41, 5.74) is 8.55. The van der Waals surface area contributed by atoms with E-state index in [2.05, 4.69) is 30.0 Å². The lowest BCUT2D eigenvalue weighted by atomic mass is 9.85. The zero-order valence-electron chi connectivity index (χ0n) is 13.0. The zero-order chi connectivity index (χ0) is 14.8. The quantitative estimate of drug-likeness (QED) is 0.894. The van der Waals surface area contributed by atoms with Crippen molar-refractivity contribution in [1.29, 1.82) is 0 Å². The number of nitrogens with zero attached hydrogens (tertiary/aromatic N) is 1. The van der Waals surface area contributed by atoms with Crippen LogP contribution in [0.2, 0.25) is 5.02 Å². The van der Waals surface area contributed by atoms with Crippen molar-refractivity contribution >= 4 is 17.3 Å². The van der Waals surface area contributed by atoms with E-state index in [9.17, 15) is 0 Å². The van der Waals surface area contributed by atoms with Crippen LogP contribution >= 0.6 is 11.6 Å². The Morgan fingerprint density at radius 3 is 2.86 bits per heavy atom. The van der Waals surface area contributed by atoms with Gasteiger partial charge in [0, 0.05) is 18.6 Å². The van der Waals surface area contributed by atoms with Crippen molar-refractivity contribution in [3.8, 4) is 0 Å². The molecule has 0 bridgehead atoms. The SMILES string of the molecule is CCC(N)Cc1ccc(N2CCC3CCCCC32)c(Cl)c1. The Labute approximate surface area is 133 Å². The fourth-order valence-corrected chi connectivity index (χ4v) is 4.37. The van der Waals surface area contributed by atoms with Crippen molar-refractivity contribution in [2.45, 2.75) is 64.0 Å². The Balaban J connectivity index is 1.76. The van der Waals surface area contributed by atoms with Crippen molar-refractivity contribution in [2.75, 3.05) is 11.4 Å². The van der Waals surface area contributed by atoms with Crippen LogP contribution in [0, 0.1) is 5.92 Å². The molecule has 0 amide bonds. The molecule has 3 rings (SSSR count). The van der Waals surface area contributed by atoms with Crippen molar-refractivity contribution in [3.63, 3.8) is 0 Å². The van der Waals surface area contributed by atoms with Crippen LogP contribution in [0.25, 0.3) is 0 Å². The number of fused-ring (bicyclic) bond motifs is 1. The maximum absolute atomic E-state index is 6.58. The van der Waals surface area contributed by atoms with Gasteiger partial charge in [0.15, 0.2) is 0 Å². The maximum atomic E-state index is 6.58. The van der Waals surface area contributed by atoms with Gasteiger partial charge in [-0.25, -0.2) is 0 Å². The predicted octanol–water partition coefficient (Wildman–Crippen LogP) is 4.39. The summed E-state index contributed by atoms with van der Waals surface area (Å²) in [4.78, 5) is 2.57. The molecule has 2 N–H and O–H groups in total. The molecule has 1 aromatic rings. The number of halogens is 1. The first-order valence-electron chi connectivity index (χ1n) is 8.49. The highest BCUT2D eigenvalue weighted by Gasteiger charge is 2.36. The molecule has 2 aliphatic rings.